The van der Waals surface area contributed by atoms with Gasteiger partial charge in [0, 0.05) is 40.8 Å². The highest BCUT2D eigenvalue weighted by Crippen LogP contribution is 2.24. The van der Waals surface area contributed by atoms with Crippen LogP contribution in [0.3, 0.4) is 0 Å². The zero-order chi connectivity index (χ0) is 19.2. The van der Waals surface area contributed by atoms with Crippen molar-refractivity contribution in [2.45, 2.75) is 19.4 Å². The van der Waals surface area contributed by atoms with Gasteiger partial charge in [-0.3, -0.25) is 9.59 Å². The van der Waals surface area contributed by atoms with Gasteiger partial charge in [0.05, 0.1) is 6.54 Å². The van der Waals surface area contributed by atoms with Crippen molar-refractivity contribution in [1.82, 2.24) is 9.80 Å². The van der Waals surface area contributed by atoms with Crippen molar-refractivity contribution in [3.8, 4) is 5.75 Å². The van der Waals surface area contributed by atoms with E-state index in [0.29, 0.717) is 38.2 Å². The third kappa shape index (κ3) is 5.56. The summed E-state index contributed by atoms with van der Waals surface area (Å²) in [6, 6.07) is 11.4. The van der Waals surface area contributed by atoms with Crippen LogP contribution in [0.15, 0.2) is 46.3 Å². The molecule has 1 aromatic carbocycles. The summed E-state index contributed by atoms with van der Waals surface area (Å²) in [5.41, 5.74) is 0. The van der Waals surface area contributed by atoms with Crippen LogP contribution in [0.4, 0.5) is 0 Å². The molecule has 27 heavy (non-hydrogen) atoms. The molecule has 2 heterocycles. The van der Waals surface area contributed by atoms with Crippen molar-refractivity contribution in [2.75, 3.05) is 26.7 Å². The first-order valence-electron chi connectivity index (χ1n) is 8.96. The molecule has 1 saturated heterocycles. The molecule has 0 spiro atoms. The smallest absolute Gasteiger partial charge is 0.260 e. The lowest BCUT2D eigenvalue weighted by atomic mass is 9.95. The van der Waals surface area contributed by atoms with Gasteiger partial charge >= 0.3 is 0 Å². The number of halogens is 1. The van der Waals surface area contributed by atoms with Gasteiger partial charge in [-0.15, -0.1) is 11.3 Å². The van der Waals surface area contributed by atoms with E-state index in [4.69, 9.17) is 4.74 Å². The third-order valence-corrected chi connectivity index (χ3v) is 6.38. The van der Waals surface area contributed by atoms with Gasteiger partial charge in [0.15, 0.2) is 6.61 Å². The third-order valence-electron chi connectivity index (χ3n) is 4.69. The molecular weight excluding hydrogens is 428 g/mol. The zero-order valence-corrected chi connectivity index (χ0v) is 17.7. The van der Waals surface area contributed by atoms with Crippen LogP contribution in [0, 0.1) is 5.92 Å². The highest BCUT2D eigenvalue weighted by atomic mass is 79.9. The largest absolute Gasteiger partial charge is 0.484 e. The summed E-state index contributed by atoms with van der Waals surface area (Å²) in [4.78, 5) is 29.8. The molecule has 5 nitrogen and oxygen atoms in total. The second-order valence-corrected chi connectivity index (χ2v) is 8.59. The summed E-state index contributed by atoms with van der Waals surface area (Å²) in [6.07, 6.45) is 1.41. The number of carbonyl (C=O) groups excluding carboxylic acids is 2. The maximum absolute atomic E-state index is 12.7. The molecule has 1 aromatic heterocycles. The highest BCUT2D eigenvalue weighted by molar-refractivity contribution is 9.10. The molecule has 0 radical (unpaired) electrons. The van der Waals surface area contributed by atoms with Crippen molar-refractivity contribution in [2.24, 2.45) is 5.92 Å². The summed E-state index contributed by atoms with van der Waals surface area (Å²) < 4.78 is 6.58. The average molecular weight is 451 g/mol. The second-order valence-electron chi connectivity index (χ2n) is 6.68. The van der Waals surface area contributed by atoms with Crippen LogP contribution in [-0.2, 0) is 16.1 Å². The van der Waals surface area contributed by atoms with Gasteiger partial charge in [-0.25, -0.2) is 0 Å². The Morgan fingerprint density at radius 1 is 1.26 bits per heavy atom. The summed E-state index contributed by atoms with van der Waals surface area (Å²) >= 11 is 5.08. The van der Waals surface area contributed by atoms with Gasteiger partial charge < -0.3 is 14.5 Å². The lowest BCUT2D eigenvalue weighted by Gasteiger charge is -2.33. The first-order valence-corrected chi connectivity index (χ1v) is 10.6. The number of ether oxygens (including phenoxy) is 1. The fourth-order valence-electron chi connectivity index (χ4n) is 3.19. The van der Waals surface area contributed by atoms with Gasteiger partial charge in [0.1, 0.15) is 5.75 Å². The van der Waals surface area contributed by atoms with Crippen LogP contribution in [0.5, 0.6) is 5.75 Å². The van der Waals surface area contributed by atoms with E-state index in [0.717, 1.165) is 9.35 Å². The topological polar surface area (TPSA) is 49.9 Å². The maximum Gasteiger partial charge on any atom is 0.260 e. The maximum atomic E-state index is 12.7. The summed E-state index contributed by atoms with van der Waals surface area (Å²) in [5, 5.41) is 2.02. The van der Waals surface area contributed by atoms with E-state index in [1.54, 1.807) is 21.1 Å². The fraction of sp³-hybridized carbons (Fsp3) is 0.400. The Morgan fingerprint density at radius 2 is 1.96 bits per heavy atom. The SMILES string of the molecule is CN(Cc1cc(Br)cs1)C(=O)C1CCN(C(=O)COc2ccccc2)CC1. The Hall–Kier alpha value is -1.86. The molecule has 1 fully saturated rings. The van der Waals surface area contributed by atoms with Crippen molar-refractivity contribution < 1.29 is 14.3 Å². The number of hydrogen-bond donors (Lipinski definition) is 0. The van der Waals surface area contributed by atoms with Crippen LogP contribution >= 0.6 is 27.3 Å². The van der Waals surface area contributed by atoms with E-state index in [-0.39, 0.29) is 24.3 Å². The summed E-state index contributed by atoms with van der Waals surface area (Å²) in [7, 11) is 1.85. The van der Waals surface area contributed by atoms with Gasteiger partial charge in [-0.05, 0) is 47.0 Å². The number of para-hydroxylation sites is 1. The molecule has 0 bridgehead atoms. The molecule has 1 aliphatic rings. The Kier molecular flexibility index (Phi) is 6.90. The van der Waals surface area contributed by atoms with E-state index in [1.807, 2.05) is 48.8 Å². The molecule has 0 unspecified atom stereocenters. The van der Waals surface area contributed by atoms with Gasteiger partial charge in [-0.2, -0.15) is 0 Å². The normalized spacial score (nSPS) is 14.8. The lowest BCUT2D eigenvalue weighted by molar-refractivity contribution is -0.141. The fourth-order valence-corrected chi connectivity index (χ4v) is 4.69. The first kappa shape index (κ1) is 19.9. The monoisotopic (exact) mass is 450 g/mol. The van der Waals surface area contributed by atoms with Crippen LogP contribution in [0.2, 0.25) is 0 Å². The number of hydrogen-bond acceptors (Lipinski definition) is 4. The standard InChI is InChI=1S/C20H23BrN2O3S/c1-22(12-18-11-16(21)14-27-18)20(25)15-7-9-23(10-8-15)19(24)13-26-17-5-3-2-4-6-17/h2-6,11,14-15H,7-10,12-13H2,1H3. The summed E-state index contributed by atoms with van der Waals surface area (Å²) in [5.74, 6) is 0.809. The van der Waals surface area contributed by atoms with Crippen LogP contribution in [0.25, 0.3) is 0 Å². The van der Waals surface area contributed by atoms with Crippen LogP contribution < -0.4 is 4.74 Å². The molecule has 1 aliphatic heterocycles. The van der Waals surface area contributed by atoms with E-state index in [9.17, 15) is 9.59 Å². The van der Waals surface area contributed by atoms with Crippen molar-refractivity contribution >= 4 is 39.1 Å². The molecular formula is C20H23BrN2O3S. The number of amides is 2. The van der Waals surface area contributed by atoms with Crippen molar-refractivity contribution in [3.05, 3.63) is 51.1 Å². The van der Waals surface area contributed by atoms with E-state index >= 15 is 0 Å². The van der Waals surface area contributed by atoms with Crippen molar-refractivity contribution in [1.29, 1.82) is 0 Å². The number of nitrogens with zero attached hydrogens (tertiary/aromatic N) is 2. The highest BCUT2D eigenvalue weighted by Gasteiger charge is 2.29. The summed E-state index contributed by atoms with van der Waals surface area (Å²) in [6.45, 7) is 1.87. The first-order chi connectivity index (χ1) is 13.0. The molecule has 7 heteroatoms. The quantitative estimate of drug-likeness (QED) is 0.672. The number of carbonyl (C=O) groups is 2. The van der Waals surface area contributed by atoms with E-state index < -0.39 is 0 Å². The molecule has 0 aliphatic carbocycles. The molecule has 144 valence electrons. The molecule has 0 saturated carbocycles. The van der Waals surface area contributed by atoms with E-state index in [1.165, 1.54) is 0 Å². The predicted molar refractivity (Wildman–Crippen MR) is 110 cm³/mol. The molecule has 2 aromatic rings. The minimum absolute atomic E-state index is 0.0162. The Labute approximate surface area is 172 Å². The minimum Gasteiger partial charge on any atom is -0.484 e. The number of thiophene rings is 1. The van der Waals surface area contributed by atoms with Crippen molar-refractivity contribution in [3.63, 3.8) is 0 Å². The molecule has 0 N–H and O–H groups in total. The number of benzene rings is 1. The molecule has 2 amide bonds. The predicted octanol–water partition coefficient (Wildman–Crippen LogP) is 3.79. The van der Waals surface area contributed by atoms with Gasteiger partial charge in [0.2, 0.25) is 5.91 Å². The molecule has 3 rings (SSSR count). The zero-order valence-electron chi connectivity index (χ0n) is 15.3. The van der Waals surface area contributed by atoms with Gasteiger partial charge in [-0.1, -0.05) is 18.2 Å². The lowest BCUT2D eigenvalue weighted by Crippen LogP contribution is -2.44. The van der Waals surface area contributed by atoms with E-state index in [2.05, 4.69) is 15.9 Å². The minimum atomic E-state index is -0.0263. The number of likely N-dealkylation sites (tertiary alicyclic amines) is 1. The van der Waals surface area contributed by atoms with Crippen LogP contribution in [-0.4, -0.2) is 48.4 Å². The average Bonchev–Trinajstić information content (AvgIpc) is 3.11. The Balaban J connectivity index is 1.43. The Bertz CT molecular complexity index is 773. The Morgan fingerprint density at radius 3 is 2.59 bits per heavy atom. The van der Waals surface area contributed by atoms with Gasteiger partial charge in [0.25, 0.3) is 5.91 Å². The molecule has 0 atom stereocenters. The second kappa shape index (κ2) is 9.37. The number of piperidine rings is 1. The van der Waals surface area contributed by atoms with Crippen LogP contribution in [0.1, 0.15) is 17.7 Å². The number of rotatable bonds is 6.